The molecule has 5 nitrogen and oxygen atoms in total. The van der Waals surface area contributed by atoms with Crippen LogP contribution in [0.3, 0.4) is 0 Å². The van der Waals surface area contributed by atoms with Crippen molar-refractivity contribution >= 4 is 22.0 Å². The second-order valence-electron chi connectivity index (χ2n) is 3.97. The lowest BCUT2D eigenvalue weighted by molar-refractivity contribution is 0.235. The first-order chi connectivity index (χ1) is 9.11. The van der Waals surface area contributed by atoms with E-state index in [0.29, 0.717) is 19.7 Å². The minimum Gasteiger partial charge on any atom is -0.492 e. The Labute approximate surface area is 121 Å². The Morgan fingerprint density at radius 3 is 3.00 bits per heavy atom. The van der Waals surface area contributed by atoms with Gasteiger partial charge in [0.15, 0.2) is 0 Å². The van der Waals surface area contributed by atoms with Gasteiger partial charge < -0.3 is 15.4 Å². The third-order valence-corrected chi connectivity index (χ3v) is 2.73. The van der Waals surface area contributed by atoms with Crippen LogP contribution < -0.4 is 15.4 Å². The van der Waals surface area contributed by atoms with Crippen LogP contribution in [-0.2, 0) is 0 Å². The molecule has 0 aliphatic rings. The predicted molar refractivity (Wildman–Crippen MR) is 75.8 cm³/mol. The largest absolute Gasteiger partial charge is 0.492 e. The topological polar surface area (TPSA) is 74.2 Å². The molecule has 102 valence electrons. The number of nitrogens with zero attached hydrogens (tertiary/aromatic N) is 1. The molecule has 0 spiro atoms. The number of nitriles is 1. The van der Waals surface area contributed by atoms with E-state index < -0.39 is 0 Å². The number of nitrogens with one attached hydrogen (secondary N) is 2. The van der Waals surface area contributed by atoms with Crippen molar-refractivity contribution in [3.05, 3.63) is 28.7 Å². The quantitative estimate of drug-likeness (QED) is 0.788. The van der Waals surface area contributed by atoms with Crippen molar-refractivity contribution < 1.29 is 9.53 Å². The highest BCUT2D eigenvalue weighted by Gasteiger charge is 2.03. The van der Waals surface area contributed by atoms with Crippen molar-refractivity contribution in [2.24, 2.45) is 5.92 Å². The van der Waals surface area contributed by atoms with Gasteiger partial charge in [0.05, 0.1) is 18.5 Å². The number of carbonyl (C=O) groups is 1. The Hall–Kier alpha value is -1.74. The summed E-state index contributed by atoms with van der Waals surface area (Å²) in [5.74, 6) is 0.554. The molecule has 0 aromatic heterocycles. The summed E-state index contributed by atoms with van der Waals surface area (Å²) >= 11 is 3.35. The van der Waals surface area contributed by atoms with Crippen LogP contribution in [-0.4, -0.2) is 25.7 Å². The Kier molecular flexibility index (Phi) is 6.75. The number of ether oxygens (including phenoxy) is 1. The average molecular weight is 326 g/mol. The van der Waals surface area contributed by atoms with Gasteiger partial charge in [-0.25, -0.2) is 4.79 Å². The van der Waals surface area contributed by atoms with Crippen LogP contribution in [0.4, 0.5) is 4.79 Å². The summed E-state index contributed by atoms with van der Waals surface area (Å²) in [6, 6.07) is 9.24. The number of carbonyl (C=O) groups excluding carboxylic acids is 1. The van der Waals surface area contributed by atoms with Gasteiger partial charge in [-0.05, 0) is 25.1 Å². The monoisotopic (exact) mass is 325 g/mol. The van der Waals surface area contributed by atoms with E-state index in [1.165, 1.54) is 0 Å². The molecule has 0 heterocycles. The van der Waals surface area contributed by atoms with Gasteiger partial charge in [0, 0.05) is 11.0 Å². The van der Waals surface area contributed by atoms with Crippen LogP contribution in [0.25, 0.3) is 0 Å². The van der Waals surface area contributed by atoms with Crippen LogP contribution in [0.5, 0.6) is 5.75 Å². The molecule has 19 heavy (non-hydrogen) atoms. The van der Waals surface area contributed by atoms with Crippen molar-refractivity contribution in [1.29, 1.82) is 5.26 Å². The molecule has 0 unspecified atom stereocenters. The number of urea groups is 1. The maximum atomic E-state index is 11.3. The van der Waals surface area contributed by atoms with Crippen molar-refractivity contribution in [3.63, 3.8) is 0 Å². The summed E-state index contributed by atoms with van der Waals surface area (Å²) in [4.78, 5) is 11.3. The van der Waals surface area contributed by atoms with E-state index in [1.807, 2.05) is 30.3 Å². The van der Waals surface area contributed by atoms with E-state index in [2.05, 4.69) is 26.6 Å². The average Bonchev–Trinajstić information content (AvgIpc) is 2.41. The maximum absolute atomic E-state index is 11.3. The van der Waals surface area contributed by atoms with Crippen LogP contribution >= 0.6 is 15.9 Å². The number of benzene rings is 1. The molecule has 1 atom stereocenters. The second kappa shape index (κ2) is 8.38. The summed E-state index contributed by atoms with van der Waals surface area (Å²) in [7, 11) is 0. The molecular weight excluding hydrogens is 310 g/mol. The van der Waals surface area contributed by atoms with E-state index >= 15 is 0 Å². The smallest absolute Gasteiger partial charge is 0.314 e. The van der Waals surface area contributed by atoms with Gasteiger partial charge in [0.25, 0.3) is 0 Å². The van der Waals surface area contributed by atoms with E-state index in [0.717, 1.165) is 10.2 Å². The Bertz CT molecular complexity index is 459. The lowest BCUT2D eigenvalue weighted by Crippen LogP contribution is -2.39. The molecule has 0 radical (unpaired) electrons. The predicted octanol–water partition coefficient (Wildman–Crippen LogP) is 2.29. The summed E-state index contributed by atoms with van der Waals surface area (Å²) in [5.41, 5.74) is 0. The van der Waals surface area contributed by atoms with Gasteiger partial charge >= 0.3 is 6.03 Å². The molecule has 1 aromatic carbocycles. The fourth-order valence-corrected chi connectivity index (χ4v) is 1.62. The summed E-state index contributed by atoms with van der Waals surface area (Å²) in [5, 5.41) is 13.8. The van der Waals surface area contributed by atoms with Gasteiger partial charge in [0.2, 0.25) is 0 Å². The van der Waals surface area contributed by atoms with E-state index in [1.54, 1.807) is 6.92 Å². The summed E-state index contributed by atoms with van der Waals surface area (Å²) < 4.78 is 6.40. The molecule has 1 aromatic rings. The molecule has 0 aliphatic heterocycles. The number of rotatable bonds is 6. The van der Waals surface area contributed by atoms with Gasteiger partial charge in [0.1, 0.15) is 12.4 Å². The highest BCUT2D eigenvalue weighted by Crippen LogP contribution is 2.17. The van der Waals surface area contributed by atoms with Crippen LogP contribution in [0.2, 0.25) is 0 Å². The highest BCUT2D eigenvalue weighted by atomic mass is 79.9. The van der Waals surface area contributed by atoms with E-state index in [-0.39, 0.29) is 11.9 Å². The molecule has 0 bridgehead atoms. The maximum Gasteiger partial charge on any atom is 0.314 e. The first-order valence-electron chi connectivity index (χ1n) is 5.91. The fraction of sp³-hybridized carbons (Fsp3) is 0.385. The lowest BCUT2D eigenvalue weighted by Gasteiger charge is -2.09. The van der Waals surface area contributed by atoms with Crippen molar-refractivity contribution in [1.82, 2.24) is 10.6 Å². The number of hydrogen-bond donors (Lipinski definition) is 2. The molecule has 0 fully saturated rings. The summed E-state index contributed by atoms with van der Waals surface area (Å²) in [6.45, 7) is 2.88. The Morgan fingerprint density at radius 1 is 1.53 bits per heavy atom. The second-order valence-corrected chi connectivity index (χ2v) is 4.89. The molecule has 0 aliphatic carbocycles. The van der Waals surface area contributed by atoms with Gasteiger partial charge in [-0.2, -0.15) is 5.26 Å². The minimum absolute atomic E-state index is 0.191. The number of halogens is 1. The SMILES string of the molecule is C[C@H](C#N)CNC(=O)NCCOc1cccc(Br)c1. The zero-order valence-electron chi connectivity index (χ0n) is 10.6. The third kappa shape index (κ3) is 6.67. The van der Waals surface area contributed by atoms with E-state index in [4.69, 9.17) is 10.00 Å². The molecule has 2 N–H and O–H groups in total. The molecule has 6 heteroatoms. The van der Waals surface area contributed by atoms with Gasteiger partial charge in [-0.15, -0.1) is 0 Å². The molecular formula is C13H16BrN3O2. The van der Waals surface area contributed by atoms with Crippen molar-refractivity contribution in [3.8, 4) is 11.8 Å². The minimum atomic E-state index is -0.292. The first-order valence-corrected chi connectivity index (χ1v) is 6.71. The standard InChI is InChI=1S/C13H16BrN3O2/c1-10(8-15)9-17-13(18)16-5-6-19-12-4-2-3-11(14)7-12/h2-4,7,10H,5-6,9H2,1H3,(H2,16,17,18)/t10-/m1/s1. The Morgan fingerprint density at radius 2 is 2.32 bits per heavy atom. The summed E-state index contributed by atoms with van der Waals surface area (Å²) in [6.07, 6.45) is 0. The van der Waals surface area contributed by atoms with Gasteiger partial charge in [-0.3, -0.25) is 0 Å². The molecule has 0 saturated carbocycles. The fourth-order valence-electron chi connectivity index (χ4n) is 1.24. The molecule has 2 amide bonds. The van der Waals surface area contributed by atoms with Crippen molar-refractivity contribution in [2.45, 2.75) is 6.92 Å². The zero-order valence-corrected chi connectivity index (χ0v) is 12.2. The van der Waals surface area contributed by atoms with E-state index in [9.17, 15) is 4.79 Å². The molecule has 1 rings (SSSR count). The number of hydrogen-bond acceptors (Lipinski definition) is 3. The Balaban J connectivity index is 2.14. The normalized spacial score (nSPS) is 11.2. The van der Waals surface area contributed by atoms with Crippen molar-refractivity contribution in [2.75, 3.05) is 19.7 Å². The van der Waals surface area contributed by atoms with Crippen LogP contribution in [0.1, 0.15) is 6.92 Å². The third-order valence-electron chi connectivity index (χ3n) is 2.24. The lowest BCUT2D eigenvalue weighted by atomic mass is 10.2. The number of amides is 2. The van der Waals surface area contributed by atoms with Gasteiger partial charge in [-0.1, -0.05) is 22.0 Å². The highest BCUT2D eigenvalue weighted by molar-refractivity contribution is 9.10. The molecule has 0 saturated heterocycles. The zero-order chi connectivity index (χ0) is 14.1. The van der Waals surface area contributed by atoms with Crippen LogP contribution in [0, 0.1) is 17.2 Å². The van der Waals surface area contributed by atoms with Crippen LogP contribution in [0.15, 0.2) is 28.7 Å². The first kappa shape index (κ1) is 15.3.